The number of para-hydroxylation sites is 2. The maximum Gasteiger partial charge on any atom is 0.153 e. The van der Waals surface area contributed by atoms with E-state index in [4.69, 9.17) is 0 Å². The van der Waals surface area contributed by atoms with Crippen molar-refractivity contribution in [3.05, 3.63) is 102 Å². The molecule has 0 amide bonds. The fourth-order valence-electron chi connectivity index (χ4n) is 4.76. The van der Waals surface area contributed by atoms with Gasteiger partial charge in [-0.1, -0.05) is 42.5 Å². The molecular formula is C29H30N4. The molecule has 0 spiro atoms. The lowest BCUT2D eigenvalue weighted by Crippen LogP contribution is -2.36. The molecular weight excluding hydrogens is 404 g/mol. The van der Waals surface area contributed by atoms with Crippen LogP contribution in [0.15, 0.2) is 85.1 Å². The minimum absolute atomic E-state index is 0.175. The number of benzene rings is 3. The lowest BCUT2D eigenvalue weighted by atomic mass is 10.1. The molecule has 4 aromatic rings. The molecule has 2 heterocycles. The Hall–Kier alpha value is -3.79. The molecule has 1 unspecified atom stereocenters. The average Bonchev–Trinajstić information content (AvgIpc) is 3.08. The van der Waals surface area contributed by atoms with Gasteiger partial charge in [0.1, 0.15) is 6.17 Å². The van der Waals surface area contributed by atoms with Crippen molar-refractivity contribution in [2.75, 3.05) is 21.7 Å². The van der Waals surface area contributed by atoms with Crippen LogP contribution in [0.5, 0.6) is 0 Å². The molecule has 0 bridgehead atoms. The largest absolute Gasteiger partial charge is 0.337 e. The Morgan fingerprint density at radius 2 is 1.36 bits per heavy atom. The Labute approximate surface area is 196 Å². The van der Waals surface area contributed by atoms with Gasteiger partial charge in [0, 0.05) is 36.0 Å². The van der Waals surface area contributed by atoms with Crippen LogP contribution in [0.2, 0.25) is 0 Å². The summed E-state index contributed by atoms with van der Waals surface area (Å²) in [5.41, 5.74) is 9.59. The molecule has 0 fully saturated rings. The third-order valence-electron chi connectivity index (χ3n) is 6.72. The SMILES string of the molecule is Cc1ccccc1N(c1ccc(C)c(N2c3cccnc3N(C)C2C)c1)c1ccccc1C. The van der Waals surface area contributed by atoms with Crippen LogP contribution in [-0.4, -0.2) is 18.2 Å². The minimum atomic E-state index is 0.175. The number of rotatable bonds is 4. The second-order valence-corrected chi connectivity index (χ2v) is 8.84. The predicted octanol–water partition coefficient (Wildman–Crippen LogP) is 7.41. The fraction of sp³-hybridized carbons (Fsp3) is 0.207. The summed E-state index contributed by atoms with van der Waals surface area (Å²) in [5.74, 6) is 1.02. The van der Waals surface area contributed by atoms with Crippen molar-refractivity contribution in [1.29, 1.82) is 0 Å². The maximum absolute atomic E-state index is 4.65. The van der Waals surface area contributed by atoms with E-state index in [1.807, 2.05) is 12.3 Å². The highest BCUT2D eigenvalue weighted by atomic mass is 15.4. The van der Waals surface area contributed by atoms with Gasteiger partial charge in [-0.05, 0) is 80.8 Å². The summed E-state index contributed by atoms with van der Waals surface area (Å²) in [6, 6.07) is 28.1. The Morgan fingerprint density at radius 1 is 0.727 bits per heavy atom. The van der Waals surface area contributed by atoms with E-state index in [1.54, 1.807) is 0 Å². The molecule has 0 saturated carbocycles. The van der Waals surface area contributed by atoms with Gasteiger partial charge in [0.15, 0.2) is 5.82 Å². The number of fused-ring (bicyclic) bond motifs is 1. The first-order valence-electron chi connectivity index (χ1n) is 11.5. The highest BCUT2D eigenvalue weighted by Crippen LogP contribution is 2.45. The number of hydrogen-bond acceptors (Lipinski definition) is 4. The fourth-order valence-corrected chi connectivity index (χ4v) is 4.76. The Kier molecular flexibility index (Phi) is 5.29. The first-order valence-corrected chi connectivity index (χ1v) is 11.5. The zero-order valence-electron chi connectivity index (χ0n) is 19.9. The molecule has 0 saturated heterocycles. The van der Waals surface area contributed by atoms with Gasteiger partial charge in [-0.15, -0.1) is 0 Å². The molecule has 1 atom stereocenters. The van der Waals surface area contributed by atoms with Crippen LogP contribution in [0.1, 0.15) is 23.6 Å². The molecule has 3 aromatic carbocycles. The summed E-state index contributed by atoms with van der Waals surface area (Å²) in [5, 5.41) is 0. The van der Waals surface area contributed by atoms with Crippen LogP contribution in [0.25, 0.3) is 0 Å². The number of nitrogens with zero attached hydrogens (tertiary/aromatic N) is 4. The van der Waals surface area contributed by atoms with Crippen molar-refractivity contribution < 1.29 is 0 Å². The molecule has 166 valence electrons. The van der Waals surface area contributed by atoms with E-state index < -0.39 is 0 Å². The normalized spacial score (nSPS) is 15.0. The summed E-state index contributed by atoms with van der Waals surface area (Å²) in [4.78, 5) is 11.7. The highest BCUT2D eigenvalue weighted by Gasteiger charge is 2.33. The first-order chi connectivity index (χ1) is 16.0. The van der Waals surface area contributed by atoms with Gasteiger partial charge in [-0.25, -0.2) is 4.98 Å². The quantitative estimate of drug-likeness (QED) is 0.333. The van der Waals surface area contributed by atoms with Crippen LogP contribution < -0.4 is 14.7 Å². The van der Waals surface area contributed by atoms with Crippen LogP contribution in [0, 0.1) is 20.8 Å². The summed E-state index contributed by atoms with van der Waals surface area (Å²) < 4.78 is 0. The summed E-state index contributed by atoms with van der Waals surface area (Å²) in [6.45, 7) is 8.77. The zero-order valence-corrected chi connectivity index (χ0v) is 19.9. The van der Waals surface area contributed by atoms with Gasteiger partial charge < -0.3 is 14.7 Å². The molecule has 0 aliphatic carbocycles. The van der Waals surface area contributed by atoms with Gasteiger partial charge >= 0.3 is 0 Å². The number of anilines is 6. The molecule has 4 heteroatoms. The van der Waals surface area contributed by atoms with E-state index in [9.17, 15) is 0 Å². The van der Waals surface area contributed by atoms with Crippen molar-refractivity contribution in [3.63, 3.8) is 0 Å². The van der Waals surface area contributed by atoms with Gasteiger partial charge in [0.2, 0.25) is 0 Å². The third kappa shape index (κ3) is 3.52. The van der Waals surface area contributed by atoms with Crippen LogP contribution in [0.4, 0.5) is 34.3 Å². The van der Waals surface area contributed by atoms with Crippen LogP contribution in [-0.2, 0) is 0 Å². The van der Waals surface area contributed by atoms with Crippen molar-refractivity contribution >= 4 is 34.3 Å². The third-order valence-corrected chi connectivity index (χ3v) is 6.72. The monoisotopic (exact) mass is 434 g/mol. The smallest absolute Gasteiger partial charge is 0.153 e. The molecule has 5 rings (SSSR count). The van der Waals surface area contributed by atoms with E-state index in [0.717, 1.165) is 17.2 Å². The number of hydrogen-bond donors (Lipinski definition) is 0. The number of aromatic nitrogens is 1. The zero-order chi connectivity index (χ0) is 23.1. The van der Waals surface area contributed by atoms with Crippen molar-refractivity contribution in [3.8, 4) is 0 Å². The molecule has 1 aliphatic rings. The summed E-state index contributed by atoms with van der Waals surface area (Å²) in [6.07, 6.45) is 2.04. The van der Waals surface area contributed by atoms with Gasteiger partial charge in [0.25, 0.3) is 0 Å². The Bertz CT molecular complexity index is 1270. The molecule has 1 aliphatic heterocycles. The van der Waals surface area contributed by atoms with Crippen molar-refractivity contribution in [1.82, 2.24) is 4.98 Å². The molecule has 0 N–H and O–H groups in total. The molecule has 1 aromatic heterocycles. The van der Waals surface area contributed by atoms with Crippen LogP contribution in [0.3, 0.4) is 0 Å². The lowest BCUT2D eigenvalue weighted by molar-refractivity contribution is 0.728. The van der Waals surface area contributed by atoms with Gasteiger partial charge in [-0.3, -0.25) is 0 Å². The maximum atomic E-state index is 4.65. The Balaban J connectivity index is 1.70. The molecule has 0 radical (unpaired) electrons. The minimum Gasteiger partial charge on any atom is -0.337 e. The second kappa shape index (κ2) is 8.28. The second-order valence-electron chi connectivity index (χ2n) is 8.84. The van der Waals surface area contributed by atoms with E-state index >= 15 is 0 Å². The van der Waals surface area contributed by atoms with E-state index in [1.165, 1.54) is 33.8 Å². The first kappa shape index (κ1) is 21.1. The number of pyridine rings is 1. The highest BCUT2D eigenvalue weighted by molar-refractivity contribution is 5.86. The molecule has 33 heavy (non-hydrogen) atoms. The predicted molar refractivity (Wildman–Crippen MR) is 140 cm³/mol. The summed E-state index contributed by atoms with van der Waals surface area (Å²) in [7, 11) is 2.11. The Morgan fingerprint density at radius 3 is 2.00 bits per heavy atom. The van der Waals surface area contributed by atoms with Gasteiger partial charge in [0.05, 0.1) is 5.69 Å². The average molecular weight is 435 g/mol. The lowest BCUT2D eigenvalue weighted by Gasteiger charge is -2.32. The molecule has 4 nitrogen and oxygen atoms in total. The topological polar surface area (TPSA) is 22.6 Å². The standard InChI is InChI=1S/C29H30N4/c1-20-11-6-8-13-25(20)33(26-14-9-7-12-21(26)2)24-17-16-22(3)28(19-24)32-23(4)31(5)29-27(32)15-10-18-30-29/h6-19,23H,1-5H3. The van der Waals surface area contributed by atoms with E-state index in [2.05, 4.69) is 127 Å². The van der Waals surface area contributed by atoms with E-state index in [-0.39, 0.29) is 6.17 Å². The van der Waals surface area contributed by atoms with E-state index in [0.29, 0.717) is 0 Å². The van der Waals surface area contributed by atoms with Crippen LogP contribution >= 0.6 is 0 Å². The summed E-state index contributed by atoms with van der Waals surface area (Å²) >= 11 is 0. The number of aryl methyl sites for hydroxylation is 3. The van der Waals surface area contributed by atoms with Crippen molar-refractivity contribution in [2.45, 2.75) is 33.9 Å². The van der Waals surface area contributed by atoms with Gasteiger partial charge in [-0.2, -0.15) is 0 Å². The van der Waals surface area contributed by atoms with Crippen molar-refractivity contribution in [2.24, 2.45) is 0 Å².